The van der Waals surface area contributed by atoms with Gasteiger partial charge in [0.25, 0.3) is 0 Å². The van der Waals surface area contributed by atoms with Crippen molar-refractivity contribution < 1.29 is 14.3 Å². The van der Waals surface area contributed by atoms with Crippen LogP contribution >= 0.6 is 23.2 Å². The smallest absolute Gasteiger partial charge is 0.250 e. The Kier molecular flexibility index (Phi) is 10.9. The number of hydrogen-bond donors (Lipinski definition) is 0. The first kappa shape index (κ1) is 36.2. The average Bonchev–Trinajstić information content (AvgIpc) is 3.71. The predicted octanol–water partition coefficient (Wildman–Crippen LogP) is 5.29. The lowest BCUT2D eigenvalue weighted by Gasteiger charge is -2.39. The summed E-state index contributed by atoms with van der Waals surface area (Å²) in [7, 11) is 4.16. The van der Waals surface area contributed by atoms with Crippen molar-refractivity contribution >= 4 is 77.5 Å². The summed E-state index contributed by atoms with van der Waals surface area (Å²) in [5, 5.41) is 8.86. The monoisotopic (exact) mass is 728 g/mol. The molecule has 0 saturated carbocycles. The first-order chi connectivity index (χ1) is 23.2. The molecule has 15 nitrogen and oxygen atoms in total. The van der Waals surface area contributed by atoms with E-state index in [2.05, 4.69) is 49.8 Å². The Balaban J connectivity index is 0.000000199. The van der Waals surface area contributed by atoms with E-state index in [9.17, 15) is 9.59 Å². The lowest BCUT2D eigenvalue weighted by molar-refractivity contribution is -0.120. The van der Waals surface area contributed by atoms with Gasteiger partial charge >= 0.3 is 0 Å². The standard InChI is InChI=1S/C18H27ClN6O2Si.C13H15ClN6O/c1-6-14-17(26)23(2)15-10-20-18(19)22-16(15)25(14)13-9-21-24(11-13)12-27-7-8-28(3,4)5;1-4-9-12(21)19(3)10-6-15-13(14)17-11(10)20(9)8-5-16-18(2)7-8/h9-11,14H,6-8,12H2,1-5H3;5-7,9H,4H2,1-3H3. The van der Waals surface area contributed by atoms with E-state index < -0.39 is 8.07 Å². The van der Waals surface area contributed by atoms with Crippen molar-refractivity contribution in [1.82, 2.24) is 39.5 Å². The molecule has 0 aromatic carbocycles. The summed E-state index contributed by atoms with van der Waals surface area (Å²) in [6.07, 6.45) is 11.6. The number of aromatic nitrogens is 8. The number of halogens is 2. The van der Waals surface area contributed by atoms with Gasteiger partial charge in [-0.2, -0.15) is 20.2 Å². The number of carbonyl (C=O) groups excluding carboxylic acids is 2. The highest BCUT2D eigenvalue weighted by Gasteiger charge is 2.39. The molecular weight excluding hydrogens is 687 g/mol. The van der Waals surface area contributed by atoms with Crippen LogP contribution in [0.1, 0.15) is 26.7 Å². The molecule has 0 N–H and O–H groups in total. The van der Waals surface area contributed by atoms with Crippen LogP contribution < -0.4 is 19.6 Å². The molecule has 0 radical (unpaired) electrons. The highest BCUT2D eigenvalue weighted by Crippen LogP contribution is 2.41. The molecule has 2 aliphatic rings. The first-order valence-electron chi connectivity index (χ1n) is 16.0. The van der Waals surface area contributed by atoms with Crippen molar-refractivity contribution in [2.24, 2.45) is 7.05 Å². The number of amides is 2. The van der Waals surface area contributed by atoms with E-state index in [1.54, 1.807) is 58.0 Å². The van der Waals surface area contributed by atoms with Crippen molar-refractivity contribution in [3.8, 4) is 0 Å². The molecule has 49 heavy (non-hydrogen) atoms. The van der Waals surface area contributed by atoms with Gasteiger partial charge in [0, 0.05) is 42.0 Å². The zero-order valence-corrected chi connectivity index (χ0v) is 31.5. The van der Waals surface area contributed by atoms with Gasteiger partial charge in [0.15, 0.2) is 11.6 Å². The normalized spacial score (nSPS) is 17.6. The Hall–Kier alpha value is -4.12. The maximum Gasteiger partial charge on any atom is 0.250 e. The van der Waals surface area contributed by atoms with Crippen LogP contribution in [0.5, 0.6) is 0 Å². The number of fused-ring (bicyclic) bond motifs is 2. The van der Waals surface area contributed by atoms with Gasteiger partial charge in [-0.15, -0.1) is 0 Å². The van der Waals surface area contributed by atoms with Crippen LogP contribution in [-0.4, -0.2) is 92.2 Å². The molecule has 0 saturated heterocycles. The van der Waals surface area contributed by atoms with Crippen molar-refractivity contribution in [2.45, 2.75) is 71.2 Å². The van der Waals surface area contributed by atoms with Gasteiger partial charge < -0.3 is 24.3 Å². The first-order valence-corrected chi connectivity index (χ1v) is 20.5. The van der Waals surface area contributed by atoms with Gasteiger partial charge in [-0.1, -0.05) is 33.5 Å². The molecule has 2 amide bonds. The largest absolute Gasteiger partial charge is 0.360 e. The highest BCUT2D eigenvalue weighted by molar-refractivity contribution is 6.76. The summed E-state index contributed by atoms with van der Waals surface area (Å²) in [5.74, 6) is 1.21. The van der Waals surface area contributed by atoms with E-state index in [-0.39, 0.29) is 34.5 Å². The molecule has 0 fully saturated rings. The second kappa shape index (κ2) is 14.8. The Morgan fingerprint density at radius 1 is 0.755 bits per heavy atom. The molecule has 6 rings (SSSR count). The lowest BCUT2D eigenvalue weighted by atomic mass is 10.1. The van der Waals surface area contributed by atoms with Gasteiger partial charge in [0.2, 0.25) is 22.4 Å². The van der Waals surface area contributed by atoms with Crippen LogP contribution in [0.3, 0.4) is 0 Å². The van der Waals surface area contributed by atoms with Crippen LogP contribution in [0.25, 0.3) is 0 Å². The SMILES string of the molecule is CCC1C(=O)N(C)c2cnc(Cl)nc2N1c1cnn(C)c1.CCC1C(=O)N(C)c2cnc(Cl)nc2N1c1cnn(COCC[Si](C)(C)C)c1. The number of nitrogens with zero attached hydrogens (tertiary/aromatic N) is 12. The Morgan fingerprint density at radius 2 is 1.24 bits per heavy atom. The zero-order chi connectivity index (χ0) is 35.6. The molecule has 18 heteroatoms. The van der Waals surface area contributed by atoms with E-state index in [4.69, 9.17) is 27.9 Å². The summed E-state index contributed by atoms with van der Waals surface area (Å²) < 4.78 is 9.19. The van der Waals surface area contributed by atoms with Gasteiger partial charge in [0.05, 0.1) is 42.4 Å². The van der Waals surface area contributed by atoms with Gasteiger partial charge in [-0.3, -0.25) is 14.3 Å². The number of likely N-dealkylation sites (N-methyl/N-ethyl adjacent to an activating group) is 2. The maximum absolute atomic E-state index is 12.8. The second-order valence-corrected chi connectivity index (χ2v) is 19.3. The molecule has 2 unspecified atom stereocenters. The molecule has 0 aliphatic carbocycles. The molecule has 2 aliphatic heterocycles. The van der Waals surface area contributed by atoms with Crippen LogP contribution in [-0.2, 0) is 28.1 Å². The van der Waals surface area contributed by atoms with E-state index >= 15 is 0 Å². The Morgan fingerprint density at radius 3 is 1.69 bits per heavy atom. The third-order valence-electron chi connectivity index (χ3n) is 8.34. The predicted molar refractivity (Wildman–Crippen MR) is 193 cm³/mol. The highest BCUT2D eigenvalue weighted by atomic mass is 35.5. The van der Waals surface area contributed by atoms with E-state index in [1.807, 2.05) is 43.1 Å². The Labute approximate surface area is 296 Å². The van der Waals surface area contributed by atoms with Crippen LogP contribution in [0.4, 0.5) is 34.4 Å². The average molecular weight is 730 g/mol. The number of aryl methyl sites for hydroxylation is 1. The van der Waals surface area contributed by atoms with Gasteiger partial charge in [0.1, 0.15) is 30.2 Å². The fraction of sp³-hybridized carbons (Fsp3) is 0.484. The van der Waals surface area contributed by atoms with Crippen LogP contribution in [0.15, 0.2) is 37.2 Å². The topological polar surface area (TPSA) is 144 Å². The third-order valence-corrected chi connectivity index (χ3v) is 10.4. The Bertz CT molecular complexity index is 1810. The van der Waals surface area contributed by atoms with Crippen molar-refractivity contribution in [2.75, 3.05) is 40.3 Å². The molecule has 2 atom stereocenters. The summed E-state index contributed by atoms with van der Waals surface area (Å²) in [4.78, 5) is 49.0. The summed E-state index contributed by atoms with van der Waals surface area (Å²) >= 11 is 12.0. The van der Waals surface area contributed by atoms with Gasteiger partial charge in [-0.05, 0) is 42.1 Å². The fourth-order valence-corrected chi connectivity index (χ4v) is 6.67. The number of rotatable bonds is 9. The van der Waals surface area contributed by atoms with E-state index in [1.165, 1.54) is 0 Å². The number of carbonyl (C=O) groups is 2. The quantitative estimate of drug-likeness (QED) is 0.126. The summed E-state index contributed by atoms with van der Waals surface area (Å²) in [5.41, 5.74) is 2.84. The van der Waals surface area contributed by atoms with Crippen LogP contribution in [0.2, 0.25) is 36.3 Å². The number of anilines is 6. The van der Waals surface area contributed by atoms with Crippen molar-refractivity contribution in [3.05, 3.63) is 47.7 Å². The molecule has 4 aromatic rings. The van der Waals surface area contributed by atoms with Crippen LogP contribution in [0, 0.1) is 0 Å². The zero-order valence-electron chi connectivity index (χ0n) is 29.0. The van der Waals surface area contributed by atoms with Crippen molar-refractivity contribution in [1.29, 1.82) is 0 Å². The lowest BCUT2D eigenvalue weighted by Crippen LogP contribution is -2.50. The minimum absolute atomic E-state index is 0.000208. The molecule has 0 bridgehead atoms. The number of ether oxygens (including phenoxy) is 1. The summed E-state index contributed by atoms with van der Waals surface area (Å²) in [6.45, 7) is 12.0. The summed E-state index contributed by atoms with van der Waals surface area (Å²) in [6, 6.07) is 0.390. The minimum Gasteiger partial charge on any atom is -0.360 e. The van der Waals surface area contributed by atoms with E-state index in [0.29, 0.717) is 42.6 Å². The van der Waals surface area contributed by atoms with E-state index in [0.717, 1.165) is 24.0 Å². The van der Waals surface area contributed by atoms with Gasteiger partial charge in [-0.25, -0.2) is 14.6 Å². The molecular formula is C31H42Cl2N12O3Si. The third kappa shape index (κ3) is 7.71. The minimum atomic E-state index is -1.12. The molecule has 0 spiro atoms. The molecule has 4 aromatic heterocycles. The van der Waals surface area contributed by atoms with Crippen molar-refractivity contribution in [3.63, 3.8) is 0 Å². The maximum atomic E-state index is 12.8. The number of hydrogen-bond acceptors (Lipinski definition) is 11. The molecule has 6 heterocycles. The molecule has 262 valence electrons. The second-order valence-electron chi connectivity index (χ2n) is 13.0. The fourth-order valence-electron chi connectivity index (χ4n) is 5.66.